The summed E-state index contributed by atoms with van der Waals surface area (Å²) >= 11 is 0. The average molecular weight is 295 g/mol. The summed E-state index contributed by atoms with van der Waals surface area (Å²) in [6.07, 6.45) is 0.423. The number of benzene rings is 1. The van der Waals surface area contributed by atoms with Gasteiger partial charge in [-0.05, 0) is 24.1 Å². The summed E-state index contributed by atoms with van der Waals surface area (Å²) in [7, 11) is -3.25. The van der Waals surface area contributed by atoms with Crippen molar-refractivity contribution < 1.29 is 23.1 Å². The van der Waals surface area contributed by atoms with Crippen LogP contribution in [0.15, 0.2) is 24.3 Å². The van der Waals surface area contributed by atoms with E-state index in [9.17, 15) is 18.0 Å². The van der Waals surface area contributed by atoms with Gasteiger partial charge in [-0.3, -0.25) is 4.79 Å². The number of piperidine rings is 1. The molecule has 3 aliphatic heterocycles. The van der Waals surface area contributed by atoms with Crippen molar-refractivity contribution in [3.63, 3.8) is 0 Å². The molecular formula is C13H13NO5S. The highest BCUT2D eigenvalue weighted by molar-refractivity contribution is 7.95. The van der Waals surface area contributed by atoms with Crippen LogP contribution >= 0.6 is 0 Å². The largest absolute Gasteiger partial charge is 0.478 e. The summed E-state index contributed by atoms with van der Waals surface area (Å²) in [5, 5.41) is 7.59. The van der Waals surface area contributed by atoms with E-state index < -0.39 is 26.3 Å². The molecule has 4 rings (SSSR count). The molecule has 3 heterocycles. The molecule has 0 saturated carbocycles. The lowest BCUT2D eigenvalue weighted by molar-refractivity contribution is -0.134. The molecule has 3 aliphatic rings. The number of carboxylic acids is 1. The SMILES string of the molecule is O=C(O)c1cccc(CN2CC3CC(C2=O)S3(=O)=O)c1. The molecule has 7 heteroatoms. The fourth-order valence-electron chi connectivity index (χ4n) is 2.74. The second-order valence-electron chi connectivity index (χ2n) is 5.16. The van der Waals surface area contributed by atoms with Gasteiger partial charge >= 0.3 is 5.97 Å². The minimum absolute atomic E-state index is 0.157. The maximum absolute atomic E-state index is 12.0. The summed E-state index contributed by atoms with van der Waals surface area (Å²) < 4.78 is 23.3. The summed E-state index contributed by atoms with van der Waals surface area (Å²) in [5.74, 6) is -1.39. The number of hydrogen-bond acceptors (Lipinski definition) is 4. The van der Waals surface area contributed by atoms with Crippen molar-refractivity contribution in [3.8, 4) is 0 Å². The minimum Gasteiger partial charge on any atom is -0.478 e. The molecule has 6 nitrogen and oxygen atoms in total. The number of carboxylic acid groups (broad SMARTS) is 1. The monoisotopic (exact) mass is 295 g/mol. The minimum atomic E-state index is -3.25. The predicted octanol–water partition coefficient (Wildman–Crippen LogP) is 0.283. The lowest BCUT2D eigenvalue weighted by atomic mass is 10.1. The Hall–Kier alpha value is -1.89. The molecular weight excluding hydrogens is 282 g/mol. The van der Waals surface area contributed by atoms with Crippen LogP contribution in [-0.4, -0.2) is 47.3 Å². The van der Waals surface area contributed by atoms with Gasteiger partial charge in [-0.25, -0.2) is 13.2 Å². The molecule has 0 radical (unpaired) electrons. The number of hydrogen-bond donors (Lipinski definition) is 1. The fourth-order valence-corrected chi connectivity index (χ4v) is 4.63. The van der Waals surface area contributed by atoms with Crippen LogP contribution in [-0.2, 0) is 21.2 Å². The third-order valence-electron chi connectivity index (χ3n) is 3.90. The second kappa shape index (κ2) is 4.31. The van der Waals surface area contributed by atoms with E-state index in [1.165, 1.54) is 17.0 Å². The van der Waals surface area contributed by atoms with Crippen molar-refractivity contribution in [2.24, 2.45) is 0 Å². The maximum Gasteiger partial charge on any atom is 0.335 e. The van der Waals surface area contributed by atoms with Crippen LogP contribution in [0.25, 0.3) is 0 Å². The van der Waals surface area contributed by atoms with Gasteiger partial charge in [-0.2, -0.15) is 0 Å². The van der Waals surface area contributed by atoms with Gasteiger partial charge in [-0.1, -0.05) is 12.1 Å². The molecule has 2 bridgehead atoms. The molecule has 20 heavy (non-hydrogen) atoms. The van der Waals surface area contributed by atoms with Crippen molar-refractivity contribution >= 4 is 21.7 Å². The van der Waals surface area contributed by atoms with Crippen LogP contribution in [0, 0.1) is 0 Å². The van der Waals surface area contributed by atoms with Crippen LogP contribution in [0.5, 0.6) is 0 Å². The zero-order valence-electron chi connectivity index (χ0n) is 10.5. The molecule has 106 valence electrons. The number of nitrogens with zero attached hydrogens (tertiary/aromatic N) is 1. The van der Waals surface area contributed by atoms with Gasteiger partial charge < -0.3 is 10.0 Å². The first kappa shape index (κ1) is 13.1. The Morgan fingerprint density at radius 2 is 2.15 bits per heavy atom. The van der Waals surface area contributed by atoms with E-state index in [4.69, 9.17) is 5.11 Å². The van der Waals surface area contributed by atoms with Crippen LogP contribution in [0.1, 0.15) is 22.3 Å². The zero-order chi connectivity index (χ0) is 14.5. The number of aromatic carboxylic acids is 1. The normalized spacial score (nSPS) is 27.0. The number of sulfone groups is 1. The molecule has 2 atom stereocenters. The van der Waals surface area contributed by atoms with E-state index in [-0.39, 0.29) is 24.6 Å². The molecule has 1 aromatic carbocycles. The fraction of sp³-hybridized carbons (Fsp3) is 0.385. The average Bonchev–Trinajstić information content (AvgIpc) is 2.40. The molecule has 0 aromatic heterocycles. The zero-order valence-corrected chi connectivity index (χ0v) is 11.3. The van der Waals surface area contributed by atoms with Crippen molar-refractivity contribution in [2.45, 2.75) is 23.5 Å². The summed E-state index contributed by atoms with van der Waals surface area (Å²) in [6, 6.07) is 6.33. The topological polar surface area (TPSA) is 91.8 Å². The van der Waals surface area contributed by atoms with E-state index in [0.29, 0.717) is 12.0 Å². The van der Waals surface area contributed by atoms with Gasteiger partial charge in [0.15, 0.2) is 9.84 Å². The number of carbonyl (C=O) groups is 2. The van der Waals surface area contributed by atoms with Gasteiger partial charge in [0.05, 0.1) is 10.8 Å². The lowest BCUT2D eigenvalue weighted by Crippen LogP contribution is -2.64. The predicted molar refractivity (Wildman–Crippen MR) is 69.9 cm³/mol. The summed E-state index contributed by atoms with van der Waals surface area (Å²) in [5.41, 5.74) is 0.849. The molecule has 1 N–H and O–H groups in total. The van der Waals surface area contributed by atoms with Crippen LogP contribution < -0.4 is 0 Å². The van der Waals surface area contributed by atoms with Gasteiger partial charge in [0.2, 0.25) is 5.91 Å². The molecule has 0 spiro atoms. The first-order chi connectivity index (χ1) is 9.39. The summed E-state index contributed by atoms with van der Waals surface area (Å²) in [4.78, 5) is 24.4. The molecule has 1 amide bonds. The van der Waals surface area contributed by atoms with Gasteiger partial charge in [0.1, 0.15) is 5.25 Å². The molecule has 2 unspecified atom stereocenters. The Balaban J connectivity index is 1.78. The van der Waals surface area contributed by atoms with E-state index in [1.807, 2.05) is 0 Å². The smallest absolute Gasteiger partial charge is 0.335 e. The quantitative estimate of drug-likeness (QED) is 0.865. The molecule has 3 fully saturated rings. The Bertz CT molecular complexity index is 696. The third kappa shape index (κ3) is 1.89. The van der Waals surface area contributed by atoms with E-state index in [1.54, 1.807) is 12.1 Å². The van der Waals surface area contributed by atoms with Gasteiger partial charge in [0.25, 0.3) is 0 Å². The standard InChI is InChI=1S/C13H13NO5S/c15-12-11-5-10(20(11,18)19)7-14(12)6-8-2-1-3-9(4-8)13(16)17/h1-4,10-11H,5-7H2,(H,16,17). The van der Waals surface area contributed by atoms with Crippen molar-refractivity contribution in [1.29, 1.82) is 0 Å². The Kier molecular flexibility index (Phi) is 2.82. The number of rotatable bonds is 3. The van der Waals surface area contributed by atoms with Crippen LogP contribution in [0.2, 0.25) is 0 Å². The van der Waals surface area contributed by atoms with E-state index >= 15 is 0 Å². The van der Waals surface area contributed by atoms with Crippen molar-refractivity contribution in [1.82, 2.24) is 4.90 Å². The summed E-state index contributed by atoms with van der Waals surface area (Å²) in [6.45, 7) is 0.456. The number of amides is 1. The van der Waals surface area contributed by atoms with E-state index in [2.05, 4.69) is 0 Å². The molecule has 3 saturated heterocycles. The van der Waals surface area contributed by atoms with Gasteiger partial charge in [-0.15, -0.1) is 0 Å². The first-order valence-corrected chi connectivity index (χ1v) is 7.84. The Labute approximate surface area is 115 Å². The second-order valence-corrected chi connectivity index (χ2v) is 7.57. The third-order valence-corrected chi connectivity index (χ3v) is 6.35. The number of carbonyl (C=O) groups excluding carboxylic acids is 1. The Morgan fingerprint density at radius 1 is 1.40 bits per heavy atom. The van der Waals surface area contributed by atoms with Crippen LogP contribution in [0.3, 0.4) is 0 Å². The first-order valence-electron chi connectivity index (χ1n) is 6.23. The maximum atomic E-state index is 12.0. The highest BCUT2D eigenvalue weighted by Gasteiger charge is 2.56. The van der Waals surface area contributed by atoms with Crippen molar-refractivity contribution in [3.05, 3.63) is 35.4 Å². The number of fused-ring (bicyclic) bond motifs is 2. The van der Waals surface area contributed by atoms with E-state index in [0.717, 1.165) is 0 Å². The lowest BCUT2D eigenvalue weighted by Gasteiger charge is -2.45. The molecule has 0 aliphatic carbocycles. The van der Waals surface area contributed by atoms with Gasteiger partial charge in [0, 0.05) is 13.1 Å². The molecule has 1 aromatic rings. The highest BCUT2D eigenvalue weighted by Crippen LogP contribution is 2.36. The highest BCUT2D eigenvalue weighted by atomic mass is 32.2. The van der Waals surface area contributed by atoms with Crippen LogP contribution in [0.4, 0.5) is 0 Å². The van der Waals surface area contributed by atoms with Crippen molar-refractivity contribution in [2.75, 3.05) is 6.54 Å². The Morgan fingerprint density at radius 3 is 2.75 bits per heavy atom.